The summed E-state index contributed by atoms with van der Waals surface area (Å²) in [4.78, 5) is 29.2. The van der Waals surface area contributed by atoms with Crippen LogP contribution in [0.25, 0.3) is 17.2 Å². The van der Waals surface area contributed by atoms with E-state index in [4.69, 9.17) is 9.47 Å². The summed E-state index contributed by atoms with van der Waals surface area (Å²) in [5.41, 5.74) is 2.48. The van der Waals surface area contributed by atoms with Crippen molar-refractivity contribution in [3.8, 4) is 11.1 Å². The van der Waals surface area contributed by atoms with E-state index in [0.29, 0.717) is 18.4 Å². The molecule has 0 spiro atoms. The zero-order valence-corrected chi connectivity index (χ0v) is 20.7. The normalized spacial score (nSPS) is 31.4. The molecule has 2 saturated carbocycles. The first-order chi connectivity index (χ1) is 17.4. The highest BCUT2D eigenvalue weighted by Gasteiger charge is 2.54. The number of nitrogens with one attached hydrogen (secondary N) is 1. The van der Waals surface area contributed by atoms with E-state index in [-0.39, 0.29) is 47.8 Å². The zero-order chi connectivity index (χ0) is 25.2. The third kappa shape index (κ3) is 5.01. The summed E-state index contributed by atoms with van der Waals surface area (Å²) in [5.74, 6) is 0.629. The molecule has 1 saturated heterocycles. The number of pyridine rings is 1. The summed E-state index contributed by atoms with van der Waals surface area (Å²) in [6.45, 7) is 4.15. The van der Waals surface area contributed by atoms with E-state index in [1.165, 1.54) is 12.1 Å². The second-order valence-corrected chi connectivity index (χ2v) is 10.3. The molecular formula is C29H33FN2O4. The first kappa shape index (κ1) is 24.5. The van der Waals surface area contributed by atoms with E-state index >= 15 is 0 Å². The number of cyclic esters (lactones) is 1. The first-order valence-electron chi connectivity index (χ1n) is 13.0. The highest BCUT2D eigenvalue weighted by molar-refractivity contribution is 5.75. The third-order valence-corrected chi connectivity index (χ3v) is 8.18. The zero-order valence-electron chi connectivity index (χ0n) is 20.7. The van der Waals surface area contributed by atoms with Gasteiger partial charge in [-0.3, -0.25) is 9.78 Å². The van der Waals surface area contributed by atoms with Crippen LogP contribution < -0.4 is 5.32 Å². The third-order valence-electron chi connectivity index (χ3n) is 8.18. The molecular weight excluding hydrogens is 459 g/mol. The predicted molar refractivity (Wildman–Crippen MR) is 134 cm³/mol. The van der Waals surface area contributed by atoms with Crippen molar-refractivity contribution in [3.05, 3.63) is 60.2 Å². The fourth-order valence-corrected chi connectivity index (χ4v) is 6.64. The van der Waals surface area contributed by atoms with Crippen LogP contribution in [0.5, 0.6) is 0 Å². The number of nitrogens with zero attached hydrogens (tertiary/aromatic N) is 1. The van der Waals surface area contributed by atoms with Gasteiger partial charge in [-0.15, -0.1) is 0 Å². The molecule has 36 heavy (non-hydrogen) atoms. The van der Waals surface area contributed by atoms with Crippen molar-refractivity contribution in [1.82, 2.24) is 10.3 Å². The summed E-state index contributed by atoms with van der Waals surface area (Å²) in [6.07, 6.45) is 9.07. The lowest BCUT2D eigenvalue weighted by molar-refractivity contribution is -0.144. The molecule has 3 aliphatic rings. The molecule has 0 radical (unpaired) electrons. The topological polar surface area (TPSA) is 77.5 Å². The van der Waals surface area contributed by atoms with Gasteiger partial charge in [0.1, 0.15) is 11.9 Å². The number of hydrogen-bond donors (Lipinski definition) is 1. The summed E-state index contributed by atoms with van der Waals surface area (Å²) in [7, 11) is 0. The molecule has 0 bridgehead atoms. The Morgan fingerprint density at radius 1 is 1.22 bits per heavy atom. The second-order valence-electron chi connectivity index (χ2n) is 10.3. The molecule has 1 N–H and O–H groups in total. The van der Waals surface area contributed by atoms with Gasteiger partial charge < -0.3 is 14.8 Å². The van der Waals surface area contributed by atoms with Crippen LogP contribution in [0.4, 0.5) is 9.18 Å². The van der Waals surface area contributed by atoms with Crippen molar-refractivity contribution >= 4 is 18.1 Å². The minimum absolute atomic E-state index is 0.0679. The van der Waals surface area contributed by atoms with E-state index < -0.39 is 0 Å². The van der Waals surface area contributed by atoms with Crippen LogP contribution in [0, 0.1) is 35.4 Å². The molecule has 5 rings (SSSR count). The van der Waals surface area contributed by atoms with Crippen molar-refractivity contribution in [2.24, 2.45) is 29.6 Å². The predicted octanol–water partition coefficient (Wildman–Crippen LogP) is 5.63. The Bertz CT molecular complexity index is 1130. The molecule has 2 aliphatic carbocycles. The maximum atomic E-state index is 13.6. The Morgan fingerprint density at radius 2 is 2.08 bits per heavy atom. The molecule has 6 nitrogen and oxygen atoms in total. The fraction of sp³-hybridized carbons (Fsp3) is 0.483. The number of rotatable bonds is 5. The van der Waals surface area contributed by atoms with Crippen LogP contribution in [0.2, 0.25) is 0 Å². The van der Waals surface area contributed by atoms with Crippen molar-refractivity contribution in [3.63, 3.8) is 0 Å². The van der Waals surface area contributed by atoms with Gasteiger partial charge in [-0.2, -0.15) is 0 Å². The van der Waals surface area contributed by atoms with Crippen molar-refractivity contribution in [1.29, 1.82) is 0 Å². The number of carbonyl (C=O) groups excluding carboxylic acids is 2. The highest BCUT2D eigenvalue weighted by Crippen LogP contribution is 2.53. The Morgan fingerprint density at radius 3 is 2.83 bits per heavy atom. The highest BCUT2D eigenvalue weighted by atomic mass is 19.1. The summed E-state index contributed by atoms with van der Waals surface area (Å²) in [6, 6.07) is 10.4. The van der Waals surface area contributed by atoms with Gasteiger partial charge in [0, 0.05) is 23.7 Å². The molecule has 2 heterocycles. The van der Waals surface area contributed by atoms with Gasteiger partial charge in [-0.1, -0.05) is 24.3 Å². The van der Waals surface area contributed by atoms with Crippen LogP contribution in [0.15, 0.2) is 48.7 Å². The van der Waals surface area contributed by atoms with Crippen LogP contribution in [-0.2, 0) is 14.3 Å². The largest absolute Gasteiger partial charge is 0.462 e. The Labute approximate surface area is 211 Å². The average Bonchev–Trinajstić information content (AvgIpc) is 3.15. The monoisotopic (exact) mass is 492 g/mol. The standard InChI is InChI=1S/C29H33FN2O4/c1-3-35-29(34)32-23-10-11-24-20(14-23)15-26-27(17(2)36-28(26)33)25(24)12-9-22-8-7-19(16-31-22)18-5-4-6-21(30)13-18/h4-9,12-13,16-17,20,23-27H,3,10-11,14-15H2,1-2H3,(H,32,34)/b12-9+/t17-,20+,23-,24-,25+,26+,27-/m0/s1. The number of halogens is 1. The van der Waals surface area contributed by atoms with Crippen molar-refractivity contribution in [2.45, 2.75) is 51.7 Å². The van der Waals surface area contributed by atoms with E-state index in [0.717, 1.165) is 42.5 Å². The summed E-state index contributed by atoms with van der Waals surface area (Å²) >= 11 is 0. The number of esters is 1. The number of aromatic nitrogens is 1. The number of fused-ring (bicyclic) bond motifs is 2. The summed E-state index contributed by atoms with van der Waals surface area (Å²) < 4.78 is 24.3. The number of amides is 1. The summed E-state index contributed by atoms with van der Waals surface area (Å²) in [5, 5.41) is 3.00. The lowest BCUT2D eigenvalue weighted by Gasteiger charge is -2.47. The average molecular weight is 493 g/mol. The second kappa shape index (κ2) is 10.4. The maximum absolute atomic E-state index is 13.6. The number of alkyl carbamates (subject to hydrolysis) is 1. The smallest absolute Gasteiger partial charge is 0.407 e. The molecule has 3 fully saturated rings. The SMILES string of the molecule is CCOC(=O)N[C@H]1CC[C@H]2[C@H](C1)C[C@H]1C(=O)O[C@@H](C)[C@H]1[C@@H]2/C=C/c1ccc(-c2cccc(F)c2)cn1. The lowest BCUT2D eigenvalue weighted by atomic mass is 9.57. The van der Waals surface area contributed by atoms with Gasteiger partial charge in [0.05, 0.1) is 18.2 Å². The molecule has 1 aliphatic heterocycles. The van der Waals surface area contributed by atoms with Gasteiger partial charge in [0.2, 0.25) is 0 Å². The van der Waals surface area contributed by atoms with Crippen molar-refractivity contribution < 1.29 is 23.5 Å². The van der Waals surface area contributed by atoms with E-state index in [9.17, 15) is 14.0 Å². The first-order valence-corrected chi connectivity index (χ1v) is 13.0. The van der Waals surface area contributed by atoms with Crippen LogP contribution >= 0.6 is 0 Å². The van der Waals surface area contributed by atoms with Crippen LogP contribution in [0.1, 0.15) is 45.2 Å². The van der Waals surface area contributed by atoms with E-state index in [1.807, 2.05) is 31.2 Å². The van der Waals surface area contributed by atoms with Crippen LogP contribution in [-0.4, -0.2) is 35.8 Å². The molecule has 0 unspecified atom stereocenters. The van der Waals surface area contributed by atoms with Gasteiger partial charge in [0.25, 0.3) is 0 Å². The Balaban J connectivity index is 1.34. The van der Waals surface area contributed by atoms with E-state index in [1.54, 1.807) is 19.2 Å². The van der Waals surface area contributed by atoms with Crippen molar-refractivity contribution in [2.75, 3.05) is 6.61 Å². The molecule has 1 amide bonds. The van der Waals surface area contributed by atoms with Gasteiger partial charge >= 0.3 is 12.1 Å². The number of ether oxygens (including phenoxy) is 2. The molecule has 7 heteroatoms. The van der Waals surface area contributed by atoms with Gasteiger partial charge in [-0.25, -0.2) is 9.18 Å². The van der Waals surface area contributed by atoms with Gasteiger partial charge in [0.15, 0.2) is 0 Å². The minimum atomic E-state index is -0.368. The Kier molecular flexibility index (Phi) is 7.08. The molecule has 1 aromatic heterocycles. The molecule has 7 atom stereocenters. The fourth-order valence-electron chi connectivity index (χ4n) is 6.64. The van der Waals surface area contributed by atoms with E-state index in [2.05, 4.69) is 16.4 Å². The maximum Gasteiger partial charge on any atom is 0.407 e. The number of hydrogen-bond acceptors (Lipinski definition) is 5. The molecule has 1 aromatic carbocycles. The number of allylic oxidation sites excluding steroid dienone is 1. The number of carbonyl (C=O) groups is 2. The lowest BCUT2D eigenvalue weighted by Crippen LogP contribution is -2.48. The van der Waals surface area contributed by atoms with Gasteiger partial charge in [-0.05, 0) is 87.1 Å². The van der Waals surface area contributed by atoms with Crippen LogP contribution in [0.3, 0.4) is 0 Å². The minimum Gasteiger partial charge on any atom is -0.462 e. The molecule has 2 aromatic rings. The Hall–Kier alpha value is -3.22. The number of benzene rings is 1. The molecule has 190 valence electrons. The quantitative estimate of drug-likeness (QED) is 0.548.